The summed E-state index contributed by atoms with van der Waals surface area (Å²) in [7, 11) is 1.62. The lowest BCUT2D eigenvalue weighted by molar-refractivity contribution is -0.121. The van der Waals surface area contributed by atoms with Crippen molar-refractivity contribution in [1.29, 1.82) is 0 Å². The van der Waals surface area contributed by atoms with Crippen LogP contribution in [0.4, 0.5) is 0 Å². The molecule has 0 spiro atoms. The van der Waals surface area contributed by atoms with Crippen LogP contribution < -0.4 is 10.6 Å². The first-order valence-electron chi connectivity index (χ1n) is 6.77. The number of aromatic nitrogens is 2. The van der Waals surface area contributed by atoms with Crippen LogP contribution in [0.5, 0.6) is 0 Å². The Morgan fingerprint density at radius 3 is 3.16 bits per heavy atom. The van der Waals surface area contributed by atoms with E-state index in [0.717, 1.165) is 12.2 Å². The smallest absolute Gasteiger partial charge is 0.221 e. The molecule has 0 radical (unpaired) electrons. The Kier molecular flexibility index (Phi) is 5.35. The number of hydrogen-bond acceptors (Lipinski definition) is 4. The highest BCUT2D eigenvalue weighted by atomic mass is 16.5. The number of carbonyl (C=O) groups is 1. The molecule has 6 nitrogen and oxygen atoms in total. The SMILES string of the molecule is COCCNC(=O)CCn1cncc1CNC1CC1. The first-order chi connectivity index (χ1) is 9.29. The molecule has 1 aliphatic rings. The molecular formula is C13H22N4O2. The Morgan fingerprint density at radius 2 is 2.42 bits per heavy atom. The number of aryl methyl sites for hydroxylation is 1. The van der Waals surface area contributed by atoms with Crippen molar-refractivity contribution in [1.82, 2.24) is 20.2 Å². The van der Waals surface area contributed by atoms with E-state index >= 15 is 0 Å². The van der Waals surface area contributed by atoms with Crippen LogP contribution in [0.25, 0.3) is 0 Å². The highest BCUT2D eigenvalue weighted by Gasteiger charge is 2.20. The topological polar surface area (TPSA) is 68.2 Å². The van der Waals surface area contributed by atoms with Crippen LogP contribution in [0.1, 0.15) is 25.0 Å². The van der Waals surface area contributed by atoms with Crippen LogP contribution in [-0.4, -0.2) is 41.8 Å². The maximum absolute atomic E-state index is 11.6. The van der Waals surface area contributed by atoms with Gasteiger partial charge < -0.3 is 19.9 Å². The van der Waals surface area contributed by atoms with E-state index in [1.165, 1.54) is 12.8 Å². The van der Waals surface area contributed by atoms with Crippen molar-refractivity contribution in [2.24, 2.45) is 0 Å². The molecule has 1 aromatic rings. The van der Waals surface area contributed by atoms with Gasteiger partial charge in [-0.3, -0.25) is 4.79 Å². The molecule has 1 saturated carbocycles. The predicted molar refractivity (Wildman–Crippen MR) is 71.6 cm³/mol. The summed E-state index contributed by atoms with van der Waals surface area (Å²) >= 11 is 0. The molecule has 0 aromatic carbocycles. The average Bonchev–Trinajstić information content (AvgIpc) is 3.13. The number of carbonyl (C=O) groups excluding carboxylic acids is 1. The highest BCUT2D eigenvalue weighted by molar-refractivity contribution is 5.75. The highest BCUT2D eigenvalue weighted by Crippen LogP contribution is 2.19. The monoisotopic (exact) mass is 266 g/mol. The summed E-state index contributed by atoms with van der Waals surface area (Å²) in [6.07, 6.45) is 6.66. The zero-order chi connectivity index (χ0) is 13.5. The van der Waals surface area contributed by atoms with Crippen molar-refractivity contribution in [3.05, 3.63) is 18.2 Å². The molecule has 6 heteroatoms. The summed E-state index contributed by atoms with van der Waals surface area (Å²) in [5.74, 6) is 0.0480. The predicted octanol–water partition coefficient (Wildman–Crippen LogP) is 0.288. The second-order valence-corrected chi connectivity index (χ2v) is 4.83. The Balaban J connectivity index is 1.69. The third kappa shape index (κ3) is 5.00. The van der Waals surface area contributed by atoms with E-state index in [9.17, 15) is 4.79 Å². The largest absolute Gasteiger partial charge is 0.383 e. The first-order valence-corrected chi connectivity index (χ1v) is 6.77. The molecule has 1 heterocycles. The van der Waals surface area contributed by atoms with E-state index in [2.05, 4.69) is 15.6 Å². The molecular weight excluding hydrogens is 244 g/mol. The molecule has 1 fully saturated rings. The van der Waals surface area contributed by atoms with Crippen molar-refractivity contribution in [3.8, 4) is 0 Å². The number of ether oxygens (including phenoxy) is 1. The maximum Gasteiger partial charge on any atom is 0.221 e. The Bertz CT molecular complexity index is 401. The first kappa shape index (κ1) is 14.0. The minimum atomic E-state index is 0.0480. The zero-order valence-electron chi connectivity index (χ0n) is 11.4. The fourth-order valence-corrected chi connectivity index (χ4v) is 1.84. The standard InChI is InChI=1S/C13H22N4O2/c1-19-7-5-15-13(18)4-6-17-10-14-8-12(17)9-16-11-2-3-11/h8,10-11,16H,2-7,9H2,1H3,(H,15,18). The molecule has 0 saturated heterocycles. The van der Waals surface area contributed by atoms with Crippen molar-refractivity contribution in [2.45, 2.75) is 38.4 Å². The van der Waals surface area contributed by atoms with Crippen LogP contribution in [0.15, 0.2) is 12.5 Å². The average molecular weight is 266 g/mol. The van der Waals surface area contributed by atoms with Crippen LogP contribution in [0.3, 0.4) is 0 Å². The fraction of sp³-hybridized carbons (Fsp3) is 0.692. The van der Waals surface area contributed by atoms with Crippen LogP contribution in [0.2, 0.25) is 0 Å². The van der Waals surface area contributed by atoms with Crippen LogP contribution in [0, 0.1) is 0 Å². The summed E-state index contributed by atoms with van der Waals surface area (Å²) in [6, 6.07) is 0.681. The summed E-state index contributed by atoms with van der Waals surface area (Å²) in [5.41, 5.74) is 1.14. The van der Waals surface area contributed by atoms with Crippen molar-refractivity contribution in [3.63, 3.8) is 0 Å². The number of hydrogen-bond donors (Lipinski definition) is 2. The molecule has 2 N–H and O–H groups in total. The Labute approximate surface area is 113 Å². The summed E-state index contributed by atoms with van der Waals surface area (Å²) < 4.78 is 6.92. The van der Waals surface area contributed by atoms with E-state index in [1.807, 2.05) is 10.8 Å². The van der Waals surface area contributed by atoms with Crippen molar-refractivity contribution >= 4 is 5.91 Å². The van der Waals surface area contributed by atoms with E-state index in [0.29, 0.717) is 32.2 Å². The van der Waals surface area contributed by atoms with Gasteiger partial charge in [-0.15, -0.1) is 0 Å². The Morgan fingerprint density at radius 1 is 1.58 bits per heavy atom. The molecule has 19 heavy (non-hydrogen) atoms. The van der Waals surface area contributed by atoms with Gasteiger partial charge in [-0.1, -0.05) is 0 Å². The molecule has 106 valence electrons. The van der Waals surface area contributed by atoms with Gasteiger partial charge in [-0.25, -0.2) is 4.98 Å². The molecule has 1 amide bonds. The minimum absolute atomic E-state index is 0.0480. The molecule has 2 rings (SSSR count). The zero-order valence-corrected chi connectivity index (χ0v) is 11.4. The summed E-state index contributed by atoms with van der Waals surface area (Å²) in [6.45, 7) is 2.61. The summed E-state index contributed by atoms with van der Waals surface area (Å²) in [4.78, 5) is 15.7. The van der Waals surface area contributed by atoms with Gasteiger partial charge >= 0.3 is 0 Å². The second kappa shape index (κ2) is 7.25. The van der Waals surface area contributed by atoms with E-state index in [-0.39, 0.29) is 5.91 Å². The fourth-order valence-electron chi connectivity index (χ4n) is 1.84. The summed E-state index contributed by atoms with van der Waals surface area (Å²) in [5, 5.41) is 6.26. The normalized spacial score (nSPS) is 14.6. The number of imidazole rings is 1. The second-order valence-electron chi connectivity index (χ2n) is 4.83. The van der Waals surface area contributed by atoms with Gasteiger partial charge in [0.05, 0.1) is 18.6 Å². The lowest BCUT2D eigenvalue weighted by Crippen LogP contribution is -2.28. The number of methoxy groups -OCH3 is 1. The van der Waals surface area contributed by atoms with E-state index in [1.54, 1.807) is 13.4 Å². The molecule has 0 unspecified atom stereocenters. The maximum atomic E-state index is 11.6. The minimum Gasteiger partial charge on any atom is -0.383 e. The number of nitrogens with zero attached hydrogens (tertiary/aromatic N) is 2. The van der Waals surface area contributed by atoms with Gasteiger partial charge in [0.1, 0.15) is 0 Å². The number of rotatable bonds is 9. The van der Waals surface area contributed by atoms with Gasteiger partial charge in [-0.05, 0) is 12.8 Å². The van der Waals surface area contributed by atoms with Gasteiger partial charge in [0.25, 0.3) is 0 Å². The van der Waals surface area contributed by atoms with E-state index in [4.69, 9.17) is 4.74 Å². The van der Waals surface area contributed by atoms with Crippen molar-refractivity contribution in [2.75, 3.05) is 20.3 Å². The van der Waals surface area contributed by atoms with E-state index < -0.39 is 0 Å². The van der Waals surface area contributed by atoms with Crippen LogP contribution >= 0.6 is 0 Å². The lowest BCUT2D eigenvalue weighted by atomic mass is 10.3. The lowest BCUT2D eigenvalue weighted by Gasteiger charge is -2.09. The molecule has 0 aliphatic heterocycles. The third-order valence-corrected chi connectivity index (χ3v) is 3.16. The molecule has 1 aromatic heterocycles. The van der Waals surface area contributed by atoms with Gasteiger partial charge in [0.2, 0.25) is 5.91 Å². The van der Waals surface area contributed by atoms with Crippen molar-refractivity contribution < 1.29 is 9.53 Å². The quantitative estimate of drug-likeness (QED) is 0.630. The molecule has 0 bridgehead atoms. The Hall–Kier alpha value is -1.40. The number of amides is 1. The van der Waals surface area contributed by atoms with Gasteiger partial charge in [0.15, 0.2) is 0 Å². The van der Waals surface area contributed by atoms with Gasteiger partial charge in [0, 0.05) is 45.4 Å². The molecule has 1 aliphatic carbocycles. The molecule has 0 atom stereocenters. The van der Waals surface area contributed by atoms with Gasteiger partial charge in [-0.2, -0.15) is 0 Å². The third-order valence-electron chi connectivity index (χ3n) is 3.16. The van der Waals surface area contributed by atoms with Crippen LogP contribution in [-0.2, 0) is 22.6 Å². The number of nitrogens with one attached hydrogen (secondary N) is 2.